The number of aryl methyl sites for hydroxylation is 1. The molecule has 1 aromatic carbocycles. The molecule has 0 saturated carbocycles. The fourth-order valence-corrected chi connectivity index (χ4v) is 3.66. The van der Waals surface area contributed by atoms with Gasteiger partial charge in [0.1, 0.15) is 11.4 Å². The van der Waals surface area contributed by atoms with E-state index < -0.39 is 5.97 Å². The number of carbonyl (C=O) groups is 2. The number of pyridine rings is 1. The Morgan fingerprint density at radius 3 is 2.46 bits per heavy atom. The Bertz CT molecular complexity index is 934. The van der Waals surface area contributed by atoms with Crippen LogP contribution in [-0.2, 0) is 4.79 Å². The first-order chi connectivity index (χ1) is 13.4. The number of carboxylic acids is 1. The van der Waals surface area contributed by atoms with Crippen molar-refractivity contribution in [2.24, 2.45) is 0 Å². The van der Waals surface area contributed by atoms with Gasteiger partial charge in [-0.3, -0.25) is 4.79 Å². The maximum Gasteiger partial charge on any atom is 0.339 e. The minimum Gasteiger partial charge on any atom is -0.478 e. The molecule has 1 amide bonds. The lowest BCUT2D eigenvalue weighted by Crippen LogP contribution is -2.49. The molecule has 1 aromatic heterocycles. The van der Waals surface area contributed by atoms with Gasteiger partial charge in [-0.05, 0) is 49.2 Å². The molecule has 2 aromatic rings. The Kier molecular flexibility index (Phi) is 5.99. The van der Waals surface area contributed by atoms with Crippen molar-refractivity contribution < 1.29 is 14.7 Å². The summed E-state index contributed by atoms with van der Waals surface area (Å²) >= 11 is 6.03. The monoisotopic (exact) mass is 399 g/mol. The average molecular weight is 400 g/mol. The summed E-state index contributed by atoms with van der Waals surface area (Å²) in [5.74, 6) is -0.593. The lowest BCUT2D eigenvalue weighted by Gasteiger charge is -2.36. The first kappa shape index (κ1) is 19.9. The molecule has 0 spiro atoms. The van der Waals surface area contributed by atoms with Crippen molar-refractivity contribution >= 4 is 34.9 Å². The fourth-order valence-electron chi connectivity index (χ4n) is 3.43. The van der Waals surface area contributed by atoms with Crippen molar-refractivity contribution in [1.82, 2.24) is 9.88 Å². The zero-order valence-electron chi connectivity index (χ0n) is 15.9. The zero-order chi connectivity index (χ0) is 20.3. The molecule has 2 heterocycles. The van der Waals surface area contributed by atoms with E-state index in [0.29, 0.717) is 42.6 Å². The second-order valence-electron chi connectivity index (χ2n) is 6.62. The number of hydrogen-bond donors (Lipinski definition) is 1. The Labute approximate surface area is 169 Å². The van der Waals surface area contributed by atoms with Gasteiger partial charge < -0.3 is 14.9 Å². The van der Waals surface area contributed by atoms with Gasteiger partial charge in [0.25, 0.3) is 5.91 Å². The van der Waals surface area contributed by atoms with Crippen LogP contribution in [0.5, 0.6) is 0 Å². The molecule has 3 rings (SSSR count). The van der Waals surface area contributed by atoms with Crippen LogP contribution in [0.1, 0.15) is 28.4 Å². The van der Waals surface area contributed by atoms with Gasteiger partial charge in [-0.25, -0.2) is 9.78 Å². The standard InChI is InChI=1S/C21H22ClN3O3/c1-3-16(17-7-6-15(22)13-14(17)2)20(26)25-11-9-24(10-12-25)19-18(21(27)28)5-4-8-23-19/h3-8,13H,9-12H2,1-2H3,(H,27,28)/b16-3+. The van der Waals surface area contributed by atoms with Crippen molar-refractivity contribution in [3.63, 3.8) is 0 Å². The molecule has 1 fully saturated rings. The number of allylic oxidation sites excluding steroid dienone is 1. The van der Waals surface area contributed by atoms with Gasteiger partial charge >= 0.3 is 5.97 Å². The maximum absolute atomic E-state index is 13.1. The van der Waals surface area contributed by atoms with Crippen molar-refractivity contribution in [3.8, 4) is 0 Å². The summed E-state index contributed by atoms with van der Waals surface area (Å²) in [6, 6.07) is 8.66. The van der Waals surface area contributed by atoms with Crippen molar-refractivity contribution in [3.05, 3.63) is 64.3 Å². The Morgan fingerprint density at radius 2 is 1.86 bits per heavy atom. The summed E-state index contributed by atoms with van der Waals surface area (Å²) in [5.41, 5.74) is 2.64. The third-order valence-electron chi connectivity index (χ3n) is 4.88. The van der Waals surface area contributed by atoms with E-state index in [1.54, 1.807) is 29.3 Å². The number of aromatic nitrogens is 1. The molecule has 1 aliphatic heterocycles. The van der Waals surface area contributed by atoms with E-state index in [9.17, 15) is 14.7 Å². The number of amides is 1. The molecular weight excluding hydrogens is 378 g/mol. The highest BCUT2D eigenvalue weighted by Crippen LogP contribution is 2.25. The van der Waals surface area contributed by atoms with Gasteiger partial charge in [0.15, 0.2) is 0 Å². The number of benzene rings is 1. The van der Waals surface area contributed by atoms with Gasteiger partial charge in [0, 0.05) is 43.0 Å². The topological polar surface area (TPSA) is 73.7 Å². The second kappa shape index (κ2) is 8.44. The van der Waals surface area contributed by atoms with E-state index in [0.717, 1.165) is 11.1 Å². The highest BCUT2D eigenvalue weighted by atomic mass is 35.5. The van der Waals surface area contributed by atoms with Crippen LogP contribution in [0, 0.1) is 6.92 Å². The molecule has 146 valence electrons. The van der Waals surface area contributed by atoms with Gasteiger partial charge in [0.2, 0.25) is 0 Å². The maximum atomic E-state index is 13.1. The normalized spacial score (nSPS) is 14.9. The molecule has 28 heavy (non-hydrogen) atoms. The van der Waals surface area contributed by atoms with Gasteiger partial charge in [0.05, 0.1) is 0 Å². The molecular formula is C21H22ClN3O3. The number of anilines is 1. The molecule has 6 nitrogen and oxygen atoms in total. The van der Waals surface area contributed by atoms with E-state index in [4.69, 9.17) is 11.6 Å². The minimum absolute atomic E-state index is 0.0351. The van der Waals surface area contributed by atoms with E-state index in [-0.39, 0.29) is 11.5 Å². The summed E-state index contributed by atoms with van der Waals surface area (Å²) in [6.45, 7) is 5.84. The van der Waals surface area contributed by atoms with Crippen molar-refractivity contribution in [2.75, 3.05) is 31.1 Å². The van der Waals surface area contributed by atoms with Crippen LogP contribution >= 0.6 is 11.6 Å². The van der Waals surface area contributed by atoms with Crippen molar-refractivity contribution in [2.45, 2.75) is 13.8 Å². The molecule has 1 N–H and O–H groups in total. The van der Waals surface area contributed by atoms with Crippen molar-refractivity contribution in [1.29, 1.82) is 0 Å². The molecule has 1 aliphatic rings. The van der Waals surface area contributed by atoms with Gasteiger partial charge in [-0.2, -0.15) is 0 Å². The molecule has 0 unspecified atom stereocenters. The number of hydrogen-bond acceptors (Lipinski definition) is 4. The highest BCUT2D eigenvalue weighted by Gasteiger charge is 2.27. The number of carbonyl (C=O) groups excluding carboxylic acids is 1. The number of halogens is 1. The zero-order valence-corrected chi connectivity index (χ0v) is 16.6. The van der Waals surface area contributed by atoms with Crippen LogP contribution in [-0.4, -0.2) is 53.0 Å². The van der Waals surface area contributed by atoms with E-state index in [1.165, 1.54) is 0 Å². The number of piperazine rings is 1. The summed E-state index contributed by atoms with van der Waals surface area (Å²) in [5, 5.41) is 10.0. The second-order valence-corrected chi connectivity index (χ2v) is 7.06. The lowest BCUT2D eigenvalue weighted by molar-refractivity contribution is -0.125. The summed E-state index contributed by atoms with van der Waals surface area (Å²) in [4.78, 5) is 32.4. The smallest absolute Gasteiger partial charge is 0.339 e. The Hall–Kier alpha value is -2.86. The number of aromatic carboxylic acids is 1. The van der Waals surface area contributed by atoms with Gasteiger partial charge in [-0.1, -0.05) is 23.7 Å². The molecule has 1 saturated heterocycles. The van der Waals surface area contributed by atoms with Crippen LogP contribution in [0.3, 0.4) is 0 Å². The number of carboxylic acid groups (broad SMARTS) is 1. The fraction of sp³-hybridized carbons (Fsp3) is 0.286. The molecule has 0 aliphatic carbocycles. The predicted octanol–water partition coefficient (Wildman–Crippen LogP) is 3.49. The third kappa shape index (κ3) is 4.02. The summed E-state index contributed by atoms with van der Waals surface area (Å²) in [6.07, 6.45) is 3.41. The highest BCUT2D eigenvalue weighted by molar-refractivity contribution is 6.31. The SMILES string of the molecule is C/C=C(/C(=O)N1CCN(c2ncccc2C(=O)O)CC1)c1ccc(Cl)cc1C. The van der Waals surface area contributed by atoms with Crippen LogP contribution in [0.4, 0.5) is 5.82 Å². The average Bonchev–Trinajstić information content (AvgIpc) is 2.70. The predicted molar refractivity (Wildman–Crippen MR) is 110 cm³/mol. The quantitative estimate of drug-likeness (QED) is 0.796. The summed E-state index contributed by atoms with van der Waals surface area (Å²) < 4.78 is 0. The van der Waals surface area contributed by atoms with Gasteiger partial charge in [-0.15, -0.1) is 0 Å². The van der Waals surface area contributed by atoms with E-state index >= 15 is 0 Å². The molecule has 0 atom stereocenters. The minimum atomic E-state index is -1.00. The number of nitrogens with zero attached hydrogens (tertiary/aromatic N) is 3. The lowest BCUT2D eigenvalue weighted by atomic mass is 9.99. The van der Waals surface area contributed by atoms with E-state index in [1.807, 2.05) is 37.0 Å². The Morgan fingerprint density at radius 1 is 1.14 bits per heavy atom. The Balaban J connectivity index is 1.74. The third-order valence-corrected chi connectivity index (χ3v) is 5.12. The molecule has 0 bridgehead atoms. The first-order valence-corrected chi connectivity index (χ1v) is 9.45. The van der Waals surface area contributed by atoms with Crippen LogP contribution < -0.4 is 4.90 Å². The van der Waals surface area contributed by atoms with E-state index in [2.05, 4.69) is 4.98 Å². The van der Waals surface area contributed by atoms with Crippen LogP contribution in [0.15, 0.2) is 42.6 Å². The summed E-state index contributed by atoms with van der Waals surface area (Å²) in [7, 11) is 0. The largest absolute Gasteiger partial charge is 0.478 e. The van der Waals surface area contributed by atoms with Crippen LogP contribution in [0.25, 0.3) is 5.57 Å². The molecule has 0 radical (unpaired) electrons. The number of rotatable bonds is 4. The van der Waals surface area contributed by atoms with Crippen LogP contribution in [0.2, 0.25) is 5.02 Å². The first-order valence-electron chi connectivity index (χ1n) is 9.07. The molecule has 7 heteroatoms.